The Morgan fingerprint density at radius 1 is 1.17 bits per heavy atom. The molecular weight excluding hydrogens is 292 g/mol. The predicted molar refractivity (Wildman–Crippen MR) is 87.1 cm³/mol. The molecule has 1 aliphatic heterocycles. The van der Waals surface area contributed by atoms with Gasteiger partial charge in [-0.05, 0) is 42.9 Å². The van der Waals surface area contributed by atoms with Crippen molar-refractivity contribution in [2.24, 2.45) is 11.8 Å². The van der Waals surface area contributed by atoms with E-state index in [0.717, 1.165) is 5.92 Å². The van der Waals surface area contributed by atoms with Crippen molar-refractivity contribution in [2.75, 3.05) is 26.2 Å². The number of hydrogen-bond acceptors (Lipinski definition) is 3. The highest BCUT2D eigenvalue weighted by molar-refractivity contribution is 5.94. The van der Waals surface area contributed by atoms with Gasteiger partial charge in [0.2, 0.25) is 5.91 Å². The number of piperazine rings is 1. The molecule has 0 spiro atoms. The molecule has 1 aliphatic carbocycles. The van der Waals surface area contributed by atoms with Gasteiger partial charge in [0.05, 0.1) is 0 Å². The van der Waals surface area contributed by atoms with Crippen molar-refractivity contribution >= 4 is 11.8 Å². The summed E-state index contributed by atoms with van der Waals surface area (Å²) in [7, 11) is 0. The Morgan fingerprint density at radius 3 is 2.43 bits per heavy atom. The minimum Gasteiger partial charge on any atom is -0.508 e. The molecule has 1 aromatic carbocycles. The normalized spacial score (nSPS) is 19.5. The summed E-state index contributed by atoms with van der Waals surface area (Å²) in [6.45, 7) is 4.47. The van der Waals surface area contributed by atoms with Crippen LogP contribution in [0.5, 0.6) is 5.75 Å². The van der Waals surface area contributed by atoms with E-state index >= 15 is 0 Å². The SMILES string of the molecule is C[C@@H](CC(=O)N1CCN(C(=O)c2cccc(O)c2)CC1)C1CC1. The highest BCUT2D eigenvalue weighted by Gasteiger charge is 2.31. The van der Waals surface area contributed by atoms with Gasteiger partial charge in [0, 0.05) is 38.2 Å². The van der Waals surface area contributed by atoms with E-state index in [2.05, 4.69) is 6.92 Å². The van der Waals surface area contributed by atoms with E-state index in [-0.39, 0.29) is 17.6 Å². The molecule has 3 rings (SSSR count). The molecule has 0 bridgehead atoms. The van der Waals surface area contributed by atoms with E-state index in [4.69, 9.17) is 0 Å². The zero-order valence-corrected chi connectivity index (χ0v) is 13.6. The van der Waals surface area contributed by atoms with E-state index in [1.165, 1.54) is 18.9 Å². The third kappa shape index (κ3) is 3.84. The third-order valence-corrected chi connectivity index (χ3v) is 4.94. The molecule has 5 heteroatoms. The van der Waals surface area contributed by atoms with Crippen molar-refractivity contribution in [1.29, 1.82) is 0 Å². The first-order valence-electron chi connectivity index (χ1n) is 8.40. The van der Waals surface area contributed by atoms with Gasteiger partial charge in [0.25, 0.3) is 5.91 Å². The molecule has 1 saturated heterocycles. The van der Waals surface area contributed by atoms with Crippen LogP contribution in [-0.2, 0) is 4.79 Å². The number of aromatic hydroxyl groups is 1. The van der Waals surface area contributed by atoms with Crippen molar-refractivity contribution in [1.82, 2.24) is 9.80 Å². The molecule has 2 amide bonds. The topological polar surface area (TPSA) is 60.9 Å². The molecule has 1 aromatic rings. The molecule has 1 saturated carbocycles. The van der Waals surface area contributed by atoms with Gasteiger partial charge in [-0.3, -0.25) is 9.59 Å². The zero-order valence-electron chi connectivity index (χ0n) is 13.6. The van der Waals surface area contributed by atoms with Crippen molar-refractivity contribution in [3.8, 4) is 5.75 Å². The van der Waals surface area contributed by atoms with Gasteiger partial charge in [-0.1, -0.05) is 13.0 Å². The van der Waals surface area contributed by atoms with Crippen molar-refractivity contribution in [2.45, 2.75) is 26.2 Å². The Balaban J connectivity index is 1.51. The third-order valence-electron chi connectivity index (χ3n) is 4.94. The fraction of sp³-hybridized carbons (Fsp3) is 0.556. The maximum Gasteiger partial charge on any atom is 0.254 e. The van der Waals surface area contributed by atoms with E-state index in [0.29, 0.717) is 44.1 Å². The van der Waals surface area contributed by atoms with Crippen LogP contribution in [0.3, 0.4) is 0 Å². The second kappa shape index (κ2) is 6.60. The molecule has 0 unspecified atom stereocenters. The van der Waals surface area contributed by atoms with Crippen LogP contribution in [0.1, 0.15) is 36.5 Å². The number of carbonyl (C=O) groups excluding carboxylic acids is 2. The van der Waals surface area contributed by atoms with Gasteiger partial charge in [-0.2, -0.15) is 0 Å². The molecule has 23 heavy (non-hydrogen) atoms. The Bertz CT molecular complexity index is 590. The summed E-state index contributed by atoms with van der Waals surface area (Å²) < 4.78 is 0. The maximum atomic E-state index is 12.4. The summed E-state index contributed by atoms with van der Waals surface area (Å²) >= 11 is 0. The average Bonchev–Trinajstić information content (AvgIpc) is 3.39. The molecular formula is C18H24N2O3. The van der Waals surface area contributed by atoms with Crippen LogP contribution in [0.25, 0.3) is 0 Å². The van der Waals surface area contributed by atoms with Crippen LogP contribution in [0.2, 0.25) is 0 Å². The Morgan fingerprint density at radius 2 is 1.83 bits per heavy atom. The molecule has 1 heterocycles. The minimum absolute atomic E-state index is 0.0839. The van der Waals surface area contributed by atoms with Gasteiger partial charge >= 0.3 is 0 Å². The summed E-state index contributed by atoms with van der Waals surface area (Å²) in [5.74, 6) is 1.45. The van der Waals surface area contributed by atoms with Crippen molar-refractivity contribution in [3.05, 3.63) is 29.8 Å². The summed E-state index contributed by atoms with van der Waals surface area (Å²) in [6.07, 6.45) is 3.16. The standard InChI is InChI=1S/C18H24N2O3/c1-13(14-5-6-14)11-17(22)19-7-9-20(10-8-19)18(23)15-3-2-4-16(21)12-15/h2-4,12-14,21H,5-11H2,1H3/t13-/m0/s1. The van der Waals surface area contributed by atoms with E-state index in [1.54, 1.807) is 23.1 Å². The summed E-state index contributed by atoms with van der Waals surface area (Å²) in [5.41, 5.74) is 0.493. The second-order valence-electron chi connectivity index (χ2n) is 6.74. The second-order valence-corrected chi connectivity index (χ2v) is 6.74. The Labute approximate surface area is 136 Å². The number of benzene rings is 1. The Kier molecular flexibility index (Phi) is 4.55. The number of rotatable bonds is 4. The summed E-state index contributed by atoms with van der Waals surface area (Å²) in [4.78, 5) is 28.4. The highest BCUT2D eigenvalue weighted by Crippen LogP contribution is 2.38. The van der Waals surface area contributed by atoms with Crippen molar-refractivity contribution in [3.63, 3.8) is 0 Å². The molecule has 1 atom stereocenters. The van der Waals surface area contributed by atoms with Crippen LogP contribution in [0.4, 0.5) is 0 Å². The first kappa shape index (κ1) is 15.8. The molecule has 2 aliphatic rings. The summed E-state index contributed by atoms with van der Waals surface area (Å²) in [5, 5.41) is 9.49. The molecule has 2 fully saturated rings. The zero-order chi connectivity index (χ0) is 16.4. The maximum absolute atomic E-state index is 12.4. The number of amides is 2. The lowest BCUT2D eigenvalue weighted by molar-refractivity contribution is -0.133. The Hall–Kier alpha value is -2.04. The molecule has 5 nitrogen and oxygen atoms in total. The number of hydrogen-bond donors (Lipinski definition) is 1. The van der Waals surface area contributed by atoms with Gasteiger partial charge in [0.15, 0.2) is 0 Å². The number of phenolic OH excluding ortho intramolecular Hbond substituents is 1. The first-order valence-corrected chi connectivity index (χ1v) is 8.40. The molecule has 1 N–H and O–H groups in total. The largest absolute Gasteiger partial charge is 0.508 e. The quantitative estimate of drug-likeness (QED) is 0.925. The average molecular weight is 316 g/mol. The minimum atomic E-state index is -0.0839. The highest BCUT2D eigenvalue weighted by atomic mass is 16.3. The lowest BCUT2D eigenvalue weighted by Crippen LogP contribution is -2.50. The number of nitrogens with zero attached hydrogens (tertiary/aromatic N) is 2. The lowest BCUT2D eigenvalue weighted by atomic mass is 10.0. The lowest BCUT2D eigenvalue weighted by Gasteiger charge is -2.35. The molecule has 0 aromatic heterocycles. The molecule has 0 radical (unpaired) electrons. The van der Waals surface area contributed by atoms with Crippen molar-refractivity contribution < 1.29 is 14.7 Å². The van der Waals surface area contributed by atoms with Crippen LogP contribution in [-0.4, -0.2) is 52.9 Å². The first-order chi connectivity index (χ1) is 11.0. The smallest absolute Gasteiger partial charge is 0.254 e. The van der Waals surface area contributed by atoms with Gasteiger partial charge < -0.3 is 14.9 Å². The number of phenols is 1. The molecule has 124 valence electrons. The van der Waals surface area contributed by atoms with E-state index < -0.39 is 0 Å². The van der Waals surface area contributed by atoms with Crippen LogP contribution in [0.15, 0.2) is 24.3 Å². The van der Waals surface area contributed by atoms with Crippen LogP contribution < -0.4 is 0 Å². The van der Waals surface area contributed by atoms with Crippen LogP contribution >= 0.6 is 0 Å². The fourth-order valence-electron chi connectivity index (χ4n) is 3.22. The van der Waals surface area contributed by atoms with E-state index in [9.17, 15) is 14.7 Å². The predicted octanol–water partition coefficient (Wildman–Crippen LogP) is 2.11. The van der Waals surface area contributed by atoms with Gasteiger partial charge in [0.1, 0.15) is 5.75 Å². The van der Waals surface area contributed by atoms with Gasteiger partial charge in [-0.25, -0.2) is 0 Å². The summed E-state index contributed by atoms with van der Waals surface area (Å²) in [6, 6.07) is 6.41. The monoisotopic (exact) mass is 316 g/mol. The van der Waals surface area contributed by atoms with Crippen LogP contribution in [0, 0.1) is 11.8 Å². The van der Waals surface area contributed by atoms with E-state index in [1.807, 2.05) is 4.90 Å². The number of carbonyl (C=O) groups is 2. The fourth-order valence-corrected chi connectivity index (χ4v) is 3.22. The van der Waals surface area contributed by atoms with Gasteiger partial charge in [-0.15, -0.1) is 0 Å².